The number of nitrogens with two attached hydrogens (primary N) is 1. The molecule has 29 heavy (non-hydrogen) atoms. The Morgan fingerprint density at radius 1 is 1.31 bits per heavy atom. The molecule has 4 rings (SSSR count). The minimum absolute atomic E-state index is 0.449. The van der Waals surface area contributed by atoms with E-state index in [1.54, 1.807) is 22.7 Å². The molecule has 3 heterocycles. The number of rotatable bonds is 3. The first-order valence-corrected chi connectivity index (χ1v) is 12.4. The first kappa shape index (κ1) is 26.1. The summed E-state index contributed by atoms with van der Waals surface area (Å²) in [5.41, 5.74) is 7.54. The maximum Gasteiger partial charge on any atom is 0.131 e. The molecule has 0 aromatic carbocycles. The summed E-state index contributed by atoms with van der Waals surface area (Å²) in [6.45, 7) is 4.81. The highest BCUT2D eigenvalue weighted by molar-refractivity contribution is 9.10. The van der Waals surface area contributed by atoms with Crippen LogP contribution in [-0.4, -0.2) is 23.2 Å². The number of hydrogen-bond acceptors (Lipinski definition) is 6. The van der Waals surface area contributed by atoms with E-state index >= 15 is 0 Å². The summed E-state index contributed by atoms with van der Waals surface area (Å²) >= 11 is 12.9. The van der Waals surface area contributed by atoms with Gasteiger partial charge in [-0.2, -0.15) is 0 Å². The molecule has 1 aliphatic rings. The highest BCUT2D eigenvalue weighted by Crippen LogP contribution is 2.35. The molecule has 0 fully saturated rings. The van der Waals surface area contributed by atoms with Gasteiger partial charge < -0.3 is 16.2 Å². The zero-order chi connectivity index (χ0) is 21.6. The number of nitrogens with zero attached hydrogens (tertiary/aromatic N) is 1. The Kier molecular flexibility index (Phi) is 13.4. The van der Waals surface area contributed by atoms with Crippen LogP contribution in [0.25, 0.3) is 10.2 Å². The number of pyridine rings is 1. The molecular weight excluding hydrogens is 490 g/mol. The molecule has 0 saturated carbocycles. The molecule has 3 aromatic heterocycles. The molecule has 160 valence electrons. The number of halogens is 2. The van der Waals surface area contributed by atoms with Crippen molar-refractivity contribution in [1.82, 2.24) is 4.98 Å². The molecule has 0 unspecified atom stereocenters. The molecule has 0 saturated heterocycles. The van der Waals surface area contributed by atoms with Gasteiger partial charge >= 0.3 is 0 Å². The van der Waals surface area contributed by atoms with Crippen LogP contribution in [-0.2, 0) is 6.54 Å². The highest BCUT2D eigenvalue weighted by atomic mass is 79.9. The smallest absolute Gasteiger partial charge is 0.131 e. The topological polar surface area (TPSA) is 71.2 Å². The van der Waals surface area contributed by atoms with E-state index in [1.807, 2.05) is 25.3 Å². The molecule has 1 aliphatic carbocycles. The molecule has 4 N–H and O–H groups in total. The lowest BCUT2D eigenvalue weighted by atomic mass is 10.0. The van der Waals surface area contributed by atoms with Crippen LogP contribution >= 0.6 is 50.2 Å². The van der Waals surface area contributed by atoms with E-state index in [9.17, 15) is 0 Å². The number of aliphatic hydroxyl groups is 1. The Balaban J connectivity index is 0.000000321. The summed E-state index contributed by atoms with van der Waals surface area (Å²) in [7, 11) is 1.00. The SMILES string of the molecule is CC.CO.Clc1cc(NCc2cccs2)c2scc(Br)c2n1.N[C@H]1CC=CCC1. The van der Waals surface area contributed by atoms with Gasteiger partial charge in [0.05, 0.1) is 20.4 Å². The number of thiophene rings is 2. The lowest BCUT2D eigenvalue weighted by Crippen LogP contribution is -2.19. The highest BCUT2D eigenvalue weighted by Gasteiger charge is 2.10. The van der Waals surface area contributed by atoms with Crippen molar-refractivity contribution in [2.45, 2.75) is 45.7 Å². The van der Waals surface area contributed by atoms with Gasteiger partial charge in [-0.15, -0.1) is 22.7 Å². The number of aliphatic hydroxyl groups excluding tert-OH is 1. The van der Waals surface area contributed by atoms with E-state index in [0.717, 1.165) is 40.5 Å². The van der Waals surface area contributed by atoms with Gasteiger partial charge in [0.1, 0.15) is 5.15 Å². The predicted molar refractivity (Wildman–Crippen MR) is 134 cm³/mol. The molecule has 0 bridgehead atoms. The molecule has 1 atom stereocenters. The van der Waals surface area contributed by atoms with Crippen molar-refractivity contribution in [2.75, 3.05) is 12.4 Å². The molecule has 4 nitrogen and oxygen atoms in total. The van der Waals surface area contributed by atoms with Crippen molar-refractivity contribution in [3.05, 3.63) is 55.6 Å². The Labute approximate surface area is 194 Å². The fraction of sp³-hybridized carbons (Fsp3) is 0.381. The first-order chi connectivity index (χ1) is 14.1. The second-order valence-electron chi connectivity index (χ2n) is 5.73. The Hall–Kier alpha value is -0.960. The van der Waals surface area contributed by atoms with E-state index < -0.39 is 0 Å². The third-order valence-corrected chi connectivity index (χ3v) is 6.77. The van der Waals surface area contributed by atoms with Crippen molar-refractivity contribution in [3.8, 4) is 0 Å². The average Bonchev–Trinajstić information content (AvgIpc) is 3.41. The van der Waals surface area contributed by atoms with Crippen LogP contribution in [0.3, 0.4) is 0 Å². The molecule has 0 radical (unpaired) electrons. The lowest BCUT2D eigenvalue weighted by Gasteiger charge is -2.09. The van der Waals surface area contributed by atoms with Gasteiger partial charge in [0.2, 0.25) is 0 Å². The monoisotopic (exact) mass is 517 g/mol. The van der Waals surface area contributed by atoms with Gasteiger partial charge in [0, 0.05) is 36.0 Å². The summed E-state index contributed by atoms with van der Waals surface area (Å²) in [5.74, 6) is 0. The minimum Gasteiger partial charge on any atom is -0.400 e. The third kappa shape index (κ3) is 8.74. The van der Waals surface area contributed by atoms with E-state index in [0.29, 0.717) is 11.2 Å². The Bertz CT molecular complexity index is 853. The zero-order valence-electron chi connectivity index (χ0n) is 17.0. The molecule has 0 amide bonds. The van der Waals surface area contributed by atoms with Crippen molar-refractivity contribution in [1.29, 1.82) is 0 Å². The second kappa shape index (κ2) is 14.9. The van der Waals surface area contributed by atoms with Gasteiger partial charge in [-0.05, 0) is 46.6 Å². The summed E-state index contributed by atoms with van der Waals surface area (Å²) < 4.78 is 2.12. The number of aromatic nitrogens is 1. The number of allylic oxidation sites excluding steroid dienone is 1. The van der Waals surface area contributed by atoms with Crippen LogP contribution in [0.5, 0.6) is 0 Å². The Morgan fingerprint density at radius 2 is 2.07 bits per heavy atom. The maximum absolute atomic E-state index is 7.00. The molecule has 3 aromatic rings. The van der Waals surface area contributed by atoms with Gasteiger partial charge in [-0.3, -0.25) is 0 Å². The normalized spacial score (nSPS) is 14.7. The molecule has 0 aliphatic heterocycles. The fourth-order valence-corrected chi connectivity index (χ4v) is 4.89. The first-order valence-electron chi connectivity index (χ1n) is 9.48. The van der Waals surface area contributed by atoms with Gasteiger partial charge in [0.15, 0.2) is 0 Å². The molecule has 0 spiro atoms. The van der Waals surface area contributed by atoms with Gasteiger partial charge in [0.25, 0.3) is 0 Å². The zero-order valence-corrected chi connectivity index (χ0v) is 21.0. The van der Waals surface area contributed by atoms with E-state index in [1.165, 1.54) is 17.7 Å². The summed E-state index contributed by atoms with van der Waals surface area (Å²) in [6, 6.07) is 6.49. The van der Waals surface area contributed by atoms with Gasteiger partial charge in [-0.1, -0.05) is 43.7 Å². The Morgan fingerprint density at radius 3 is 2.62 bits per heavy atom. The maximum atomic E-state index is 7.00. The van der Waals surface area contributed by atoms with E-state index in [2.05, 4.69) is 55.9 Å². The van der Waals surface area contributed by atoms with Crippen LogP contribution in [0.4, 0.5) is 5.69 Å². The fourth-order valence-electron chi connectivity index (χ4n) is 2.49. The van der Waals surface area contributed by atoms with Crippen molar-refractivity contribution < 1.29 is 5.11 Å². The number of hydrogen-bond donors (Lipinski definition) is 3. The summed E-state index contributed by atoms with van der Waals surface area (Å²) in [5, 5.41) is 15.0. The largest absolute Gasteiger partial charge is 0.400 e. The third-order valence-electron chi connectivity index (χ3n) is 3.79. The number of nitrogens with one attached hydrogen (secondary N) is 1. The van der Waals surface area contributed by atoms with E-state index in [4.69, 9.17) is 22.4 Å². The summed E-state index contributed by atoms with van der Waals surface area (Å²) in [6.07, 6.45) is 7.80. The van der Waals surface area contributed by atoms with E-state index in [-0.39, 0.29) is 0 Å². The van der Waals surface area contributed by atoms with Crippen LogP contribution in [0.2, 0.25) is 5.15 Å². The second-order valence-corrected chi connectivity index (χ2v) is 8.88. The summed E-state index contributed by atoms with van der Waals surface area (Å²) in [4.78, 5) is 5.63. The van der Waals surface area contributed by atoms with Crippen LogP contribution in [0.1, 0.15) is 38.0 Å². The van der Waals surface area contributed by atoms with Crippen molar-refractivity contribution in [2.24, 2.45) is 5.73 Å². The standard InChI is InChI=1S/C12H8BrClN2S2.C6H11N.C2H6.CH4O/c13-8-6-18-12-9(4-10(14)16-11(8)12)15-5-7-2-1-3-17-7;7-6-4-2-1-3-5-6;2*1-2/h1-4,6H,5H2,(H,15,16);1-2,6H,3-5,7H2;1-2H3;2H,1H3/t;6-;;/m.0../s1. The number of fused-ring (bicyclic) bond motifs is 1. The molecular formula is C21H29BrClN3OS2. The van der Waals surface area contributed by atoms with Crippen molar-refractivity contribution in [3.63, 3.8) is 0 Å². The van der Waals surface area contributed by atoms with Crippen LogP contribution < -0.4 is 11.1 Å². The van der Waals surface area contributed by atoms with Crippen LogP contribution in [0, 0.1) is 0 Å². The number of anilines is 1. The predicted octanol–water partition coefficient (Wildman–Crippen LogP) is 7.07. The average molecular weight is 519 g/mol. The van der Waals surface area contributed by atoms with Crippen molar-refractivity contribution >= 4 is 66.1 Å². The van der Waals surface area contributed by atoms with Gasteiger partial charge in [-0.25, -0.2) is 4.98 Å². The molecule has 8 heteroatoms. The minimum atomic E-state index is 0.449. The quantitative estimate of drug-likeness (QED) is 0.256. The lowest BCUT2D eigenvalue weighted by molar-refractivity contribution is 0.399. The van der Waals surface area contributed by atoms with Crippen LogP contribution in [0.15, 0.2) is 45.6 Å².